The van der Waals surface area contributed by atoms with Crippen molar-refractivity contribution in [3.8, 4) is 0 Å². The molecule has 0 aliphatic heterocycles. The molecule has 0 unspecified atom stereocenters. The largest absolute Gasteiger partial charge is 0.462 e. The summed E-state index contributed by atoms with van der Waals surface area (Å²) in [6.45, 7) is 3.87. The zero-order chi connectivity index (χ0) is 11.6. The molecule has 16 heavy (non-hydrogen) atoms. The topological polar surface area (TPSA) is 26.3 Å². The van der Waals surface area contributed by atoms with Gasteiger partial charge < -0.3 is 4.74 Å². The van der Waals surface area contributed by atoms with Crippen molar-refractivity contribution < 1.29 is 9.53 Å². The second kappa shape index (κ2) is 8.68. The second-order valence-corrected chi connectivity index (χ2v) is 5.50. The van der Waals surface area contributed by atoms with E-state index in [9.17, 15) is 4.79 Å². The lowest BCUT2D eigenvalue weighted by Crippen LogP contribution is -2.08. The molecule has 1 fully saturated rings. The van der Waals surface area contributed by atoms with E-state index in [4.69, 9.17) is 4.74 Å². The highest BCUT2D eigenvalue weighted by atomic mass is 32.2. The van der Waals surface area contributed by atoms with Crippen LogP contribution < -0.4 is 0 Å². The Bertz CT molecular complexity index is 210. The van der Waals surface area contributed by atoms with Crippen LogP contribution in [-0.4, -0.2) is 24.1 Å². The molecular weight excluding hydrogens is 220 g/mol. The summed E-state index contributed by atoms with van der Waals surface area (Å²) in [4.78, 5) is 10.7. The Morgan fingerprint density at radius 3 is 2.75 bits per heavy atom. The monoisotopic (exact) mass is 242 g/mol. The van der Waals surface area contributed by atoms with Crippen molar-refractivity contribution in [2.75, 3.05) is 18.1 Å². The third-order valence-electron chi connectivity index (χ3n) is 3.03. The van der Waals surface area contributed by atoms with Gasteiger partial charge in [-0.1, -0.05) is 38.7 Å². The summed E-state index contributed by atoms with van der Waals surface area (Å²) in [5.41, 5.74) is 0. The molecule has 1 aliphatic rings. The van der Waals surface area contributed by atoms with Gasteiger partial charge in [-0.2, -0.15) is 11.8 Å². The van der Waals surface area contributed by atoms with E-state index in [0.29, 0.717) is 6.61 Å². The normalized spacial score (nSPS) is 17.0. The average molecular weight is 242 g/mol. The quantitative estimate of drug-likeness (QED) is 0.389. The van der Waals surface area contributed by atoms with Crippen molar-refractivity contribution >= 4 is 17.7 Å². The zero-order valence-corrected chi connectivity index (χ0v) is 10.8. The number of rotatable bonds is 7. The minimum atomic E-state index is -0.312. The van der Waals surface area contributed by atoms with E-state index in [2.05, 4.69) is 6.58 Å². The molecule has 0 N–H and O–H groups in total. The summed E-state index contributed by atoms with van der Waals surface area (Å²) in [6, 6.07) is 0. The van der Waals surface area contributed by atoms with Crippen LogP contribution in [-0.2, 0) is 9.53 Å². The van der Waals surface area contributed by atoms with E-state index in [-0.39, 0.29) is 5.97 Å². The van der Waals surface area contributed by atoms with Crippen LogP contribution in [0.1, 0.15) is 38.5 Å². The number of ether oxygens (including phenoxy) is 1. The molecule has 1 saturated carbocycles. The fraction of sp³-hybridized carbons (Fsp3) is 0.769. The van der Waals surface area contributed by atoms with Crippen LogP contribution in [0.3, 0.4) is 0 Å². The van der Waals surface area contributed by atoms with Gasteiger partial charge in [-0.05, 0) is 18.1 Å². The molecule has 0 amide bonds. The molecule has 0 aromatic heterocycles. The summed E-state index contributed by atoms with van der Waals surface area (Å²) in [6.07, 6.45) is 9.67. The van der Waals surface area contributed by atoms with Crippen molar-refractivity contribution in [2.24, 2.45) is 5.92 Å². The zero-order valence-electron chi connectivity index (χ0n) is 9.95. The van der Waals surface area contributed by atoms with Crippen LogP contribution in [0.5, 0.6) is 0 Å². The molecule has 92 valence electrons. The van der Waals surface area contributed by atoms with Crippen LogP contribution in [0.25, 0.3) is 0 Å². The number of carbonyl (C=O) groups is 1. The van der Waals surface area contributed by atoms with E-state index in [0.717, 1.165) is 11.7 Å². The Labute approximate surface area is 103 Å². The van der Waals surface area contributed by atoms with Gasteiger partial charge in [0.05, 0.1) is 0 Å². The predicted octanol–water partition coefficient (Wildman–Crippen LogP) is 3.42. The first-order valence-corrected chi connectivity index (χ1v) is 7.35. The molecule has 0 radical (unpaired) electrons. The van der Waals surface area contributed by atoms with E-state index in [1.54, 1.807) is 0 Å². The highest BCUT2D eigenvalue weighted by molar-refractivity contribution is 7.99. The molecule has 3 heteroatoms. The summed E-state index contributed by atoms with van der Waals surface area (Å²) < 4.78 is 4.91. The number of hydrogen-bond acceptors (Lipinski definition) is 3. The van der Waals surface area contributed by atoms with Gasteiger partial charge in [0.15, 0.2) is 0 Å². The molecule has 2 nitrogen and oxygen atoms in total. The summed E-state index contributed by atoms with van der Waals surface area (Å²) in [5.74, 6) is 2.76. The first-order chi connectivity index (χ1) is 7.83. The molecule has 0 heterocycles. The third-order valence-corrected chi connectivity index (χ3v) is 4.01. The number of hydrogen-bond donors (Lipinski definition) is 0. The Hall–Kier alpha value is -0.440. The minimum absolute atomic E-state index is 0.312. The van der Waals surface area contributed by atoms with E-state index < -0.39 is 0 Å². The van der Waals surface area contributed by atoms with Crippen molar-refractivity contribution in [2.45, 2.75) is 38.5 Å². The van der Waals surface area contributed by atoms with E-state index in [1.807, 2.05) is 11.8 Å². The lowest BCUT2D eigenvalue weighted by molar-refractivity contribution is -0.137. The molecular formula is C13H22O2S. The minimum Gasteiger partial charge on any atom is -0.462 e. The van der Waals surface area contributed by atoms with Crippen LogP contribution in [0.2, 0.25) is 0 Å². The van der Waals surface area contributed by atoms with Gasteiger partial charge in [-0.25, -0.2) is 4.79 Å². The highest BCUT2D eigenvalue weighted by Crippen LogP contribution is 2.27. The van der Waals surface area contributed by atoms with Crippen molar-refractivity contribution in [3.05, 3.63) is 12.7 Å². The van der Waals surface area contributed by atoms with Gasteiger partial charge >= 0.3 is 5.97 Å². The van der Waals surface area contributed by atoms with Gasteiger partial charge in [0.25, 0.3) is 0 Å². The lowest BCUT2D eigenvalue weighted by Gasteiger charge is -2.20. The Morgan fingerprint density at radius 2 is 2.06 bits per heavy atom. The van der Waals surface area contributed by atoms with E-state index >= 15 is 0 Å². The lowest BCUT2D eigenvalue weighted by atomic mass is 9.88. The predicted molar refractivity (Wildman–Crippen MR) is 69.7 cm³/mol. The van der Waals surface area contributed by atoms with Crippen molar-refractivity contribution in [1.82, 2.24) is 0 Å². The average Bonchev–Trinajstić information content (AvgIpc) is 2.34. The summed E-state index contributed by atoms with van der Waals surface area (Å²) in [5, 5.41) is 0. The molecule has 0 aromatic rings. The first-order valence-electron chi connectivity index (χ1n) is 6.20. The molecule has 0 bridgehead atoms. The van der Waals surface area contributed by atoms with E-state index in [1.165, 1.54) is 50.4 Å². The maximum Gasteiger partial charge on any atom is 0.330 e. The fourth-order valence-corrected chi connectivity index (χ4v) is 2.99. The smallest absolute Gasteiger partial charge is 0.330 e. The van der Waals surface area contributed by atoms with Gasteiger partial charge in [-0.3, -0.25) is 0 Å². The Balaban J connectivity index is 1.87. The standard InChI is InChI=1S/C13H22O2S/c1-2-13(14)15-9-11-16-10-8-12-6-4-3-5-7-12/h2,12H,1,3-11H2. The van der Waals surface area contributed by atoms with Gasteiger partial charge in [0.1, 0.15) is 6.61 Å². The maximum atomic E-state index is 10.7. The molecule has 0 atom stereocenters. The van der Waals surface area contributed by atoms with Crippen LogP contribution in [0.15, 0.2) is 12.7 Å². The SMILES string of the molecule is C=CC(=O)OCCSCCC1CCCCC1. The summed E-state index contributed by atoms with van der Waals surface area (Å²) in [7, 11) is 0. The summed E-state index contributed by atoms with van der Waals surface area (Å²) >= 11 is 1.89. The molecule has 0 saturated heterocycles. The third kappa shape index (κ3) is 6.21. The van der Waals surface area contributed by atoms with Crippen LogP contribution in [0, 0.1) is 5.92 Å². The molecule has 0 spiro atoms. The van der Waals surface area contributed by atoms with Gasteiger partial charge in [0, 0.05) is 11.8 Å². The van der Waals surface area contributed by atoms with Crippen molar-refractivity contribution in [1.29, 1.82) is 0 Å². The molecule has 1 rings (SSSR count). The van der Waals surface area contributed by atoms with Gasteiger partial charge in [-0.15, -0.1) is 0 Å². The van der Waals surface area contributed by atoms with Crippen LogP contribution in [0.4, 0.5) is 0 Å². The maximum absolute atomic E-state index is 10.7. The number of carbonyl (C=O) groups excluding carboxylic acids is 1. The Morgan fingerprint density at radius 1 is 1.31 bits per heavy atom. The molecule has 1 aliphatic carbocycles. The van der Waals surface area contributed by atoms with Gasteiger partial charge in [0.2, 0.25) is 0 Å². The fourth-order valence-electron chi connectivity index (χ4n) is 2.09. The Kier molecular flexibility index (Phi) is 7.39. The number of esters is 1. The highest BCUT2D eigenvalue weighted by Gasteiger charge is 2.12. The molecule has 0 aromatic carbocycles. The number of thioether (sulfide) groups is 1. The second-order valence-electron chi connectivity index (χ2n) is 4.28. The van der Waals surface area contributed by atoms with Crippen LogP contribution >= 0.6 is 11.8 Å². The van der Waals surface area contributed by atoms with Crippen molar-refractivity contribution in [3.63, 3.8) is 0 Å². The first kappa shape index (κ1) is 13.6.